The second-order valence-electron chi connectivity index (χ2n) is 6.34. The number of phenols is 2. The SMILES string of the molecule is Cc1c(C)c2c(c(C)c1O)Cc1c(C)c(O)c(C)c(C)c1O2. The molecule has 0 saturated heterocycles. The molecule has 0 spiro atoms. The molecule has 0 aromatic heterocycles. The maximum atomic E-state index is 10.3. The first kappa shape index (κ1) is 14.8. The highest BCUT2D eigenvalue weighted by molar-refractivity contribution is 5.67. The highest BCUT2D eigenvalue weighted by Crippen LogP contribution is 2.49. The zero-order chi connectivity index (χ0) is 16.3. The zero-order valence-electron chi connectivity index (χ0n) is 14.0. The highest BCUT2D eigenvalue weighted by atomic mass is 16.5. The fraction of sp³-hybridized carbons (Fsp3) is 0.368. The van der Waals surface area contributed by atoms with Crippen molar-refractivity contribution in [3.63, 3.8) is 0 Å². The molecule has 0 atom stereocenters. The normalized spacial score (nSPS) is 12.6. The Bertz CT molecular complexity index is 681. The number of fused-ring (bicyclic) bond motifs is 2. The summed E-state index contributed by atoms with van der Waals surface area (Å²) in [4.78, 5) is 0. The first-order chi connectivity index (χ1) is 10.3. The van der Waals surface area contributed by atoms with Crippen LogP contribution in [0, 0.1) is 41.5 Å². The molecule has 1 heterocycles. The van der Waals surface area contributed by atoms with E-state index in [1.165, 1.54) is 0 Å². The Kier molecular flexibility index (Phi) is 3.13. The average molecular weight is 298 g/mol. The molecule has 1 aliphatic rings. The smallest absolute Gasteiger partial charge is 0.134 e. The number of hydrogen-bond acceptors (Lipinski definition) is 3. The minimum atomic E-state index is 0.342. The van der Waals surface area contributed by atoms with Crippen molar-refractivity contribution in [3.05, 3.63) is 44.5 Å². The standard InChI is InChI=1S/C19H22O3/c1-8-10(3)18-14(12(5)16(8)20)7-15-13(6)17(21)9(2)11(4)19(15)22-18/h20-21H,7H2,1-6H3. The van der Waals surface area contributed by atoms with Crippen LogP contribution in [0.3, 0.4) is 0 Å². The predicted octanol–water partition coefficient (Wildman–Crippen LogP) is 4.64. The van der Waals surface area contributed by atoms with Gasteiger partial charge in [0.2, 0.25) is 0 Å². The van der Waals surface area contributed by atoms with E-state index in [0.717, 1.165) is 56.0 Å². The lowest BCUT2D eigenvalue weighted by molar-refractivity contribution is 0.428. The van der Waals surface area contributed by atoms with E-state index in [0.29, 0.717) is 17.9 Å². The molecule has 2 N–H and O–H groups in total. The molecular formula is C19H22O3. The van der Waals surface area contributed by atoms with Crippen LogP contribution < -0.4 is 4.74 Å². The third-order valence-electron chi connectivity index (χ3n) is 5.24. The molecule has 3 heteroatoms. The van der Waals surface area contributed by atoms with E-state index in [4.69, 9.17) is 4.74 Å². The molecule has 1 aliphatic heterocycles. The zero-order valence-corrected chi connectivity index (χ0v) is 14.0. The van der Waals surface area contributed by atoms with Crippen LogP contribution in [0.1, 0.15) is 44.5 Å². The molecule has 0 radical (unpaired) electrons. The van der Waals surface area contributed by atoms with Gasteiger partial charge in [-0.1, -0.05) is 0 Å². The average Bonchev–Trinajstić information content (AvgIpc) is 2.52. The molecular weight excluding hydrogens is 276 g/mol. The van der Waals surface area contributed by atoms with Crippen molar-refractivity contribution < 1.29 is 14.9 Å². The Morgan fingerprint density at radius 2 is 0.955 bits per heavy atom. The molecule has 3 nitrogen and oxygen atoms in total. The van der Waals surface area contributed by atoms with Gasteiger partial charge in [-0.2, -0.15) is 0 Å². The van der Waals surface area contributed by atoms with Crippen molar-refractivity contribution in [1.29, 1.82) is 0 Å². The lowest BCUT2D eigenvalue weighted by Crippen LogP contribution is -2.11. The summed E-state index contributed by atoms with van der Waals surface area (Å²) in [6, 6.07) is 0. The molecule has 2 aromatic rings. The topological polar surface area (TPSA) is 49.7 Å². The van der Waals surface area contributed by atoms with Gasteiger partial charge in [0.1, 0.15) is 23.0 Å². The van der Waals surface area contributed by atoms with Gasteiger partial charge in [0.05, 0.1) is 0 Å². The first-order valence-electron chi connectivity index (χ1n) is 7.56. The Morgan fingerprint density at radius 1 is 0.591 bits per heavy atom. The van der Waals surface area contributed by atoms with Gasteiger partial charge >= 0.3 is 0 Å². The molecule has 0 fully saturated rings. The monoisotopic (exact) mass is 298 g/mol. The predicted molar refractivity (Wildman–Crippen MR) is 87.5 cm³/mol. The van der Waals surface area contributed by atoms with Crippen LogP contribution in [0.5, 0.6) is 23.0 Å². The van der Waals surface area contributed by atoms with Crippen molar-refractivity contribution >= 4 is 0 Å². The summed E-state index contributed by atoms with van der Waals surface area (Å²) in [7, 11) is 0. The third kappa shape index (κ3) is 1.75. The van der Waals surface area contributed by atoms with Crippen molar-refractivity contribution in [1.82, 2.24) is 0 Å². The van der Waals surface area contributed by atoms with Crippen molar-refractivity contribution in [2.24, 2.45) is 0 Å². The summed E-state index contributed by atoms with van der Waals surface area (Å²) in [6.45, 7) is 11.6. The number of rotatable bonds is 0. The second kappa shape index (κ2) is 4.67. The van der Waals surface area contributed by atoms with E-state index < -0.39 is 0 Å². The van der Waals surface area contributed by atoms with E-state index in [1.807, 2.05) is 41.5 Å². The Labute approximate surface area is 131 Å². The summed E-state index contributed by atoms with van der Waals surface area (Å²) in [6.07, 6.45) is 0.672. The molecule has 0 bridgehead atoms. The first-order valence-corrected chi connectivity index (χ1v) is 7.56. The molecule has 0 aliphatic carbocycles. The van der Waals surface area contributed by atoms with Crippen molar-refractivity contribution in [2.45, 2.75) is 48.0 Å². The van der Waals surface area contributed by atoms with Gasteiger partial charge in [-0.15, -0.1) is 0 Å². The summed E-state index contributed by atoms with van der Waals surface area (Å²) < 4.78 is 6.25. The lowest BCUT2D eigenvalue weighted by atomic mass is 9.87. The second-order valence-corrected chi connectivity index (χ2v) is 6.34. The molecule has 0 saturated carbocycles. The van der Waals surface area contributed by atoms with Crippen molar-refractivity contribution in [3.8, 4) is 23.0 Å². The van der Waals surface area contributed by atoms with E-state index in [9.17, 15) is 10.2 Å². The molecule has 22 heavy (non-hydrogen) atoms. The van der Waals surface area contributed by atoms with Crippen LogP contribution >= 0.6 is 0 Å². The minimum Gasteiger partial charge on any atom is -0.507 e. The maximum absolute atomic E-state index is 10.3. The van der Waals surface area contributed by atoms with E-state index in [-0.39, 0.29) is 0 Å². The maximum Gasteiger partial charge on any atom is 0.134 e. The van der Waals surface area contributed by atoms with Gasteiger partial charge in [0.25, 0.3) is 0 Å². The highest BCUT2D eigenvalue weighted by Gasteiger charge is 2.28. The number of benzene rings is 2. The van der Waals surface area contributed by atoms with Gasteiger partial charge in [-0.25, -0.2) is 0 Å². The summed E-state index contributed by atoms with van der Waals surface area (Å²) in [5, 5.41) is 20.6. The lowest BCUT2D eigenvalue weighted by Gasteiger charge is -2.29. The quantitative estimate of drug-likeness (QED) is 0.635. The minimum absolute atomic E-state index is 0.342. The van der Waals surface area contributed by atoms with Crippen molar-refractivity contribution in [2.75, 3.05) is 0 Å². The Balaban J connectivity index is 2.32. The molecule has 3 rings (SSSR count). The van der Waals surface area contributed by atoms with Crippen LogP contribution in [-0.4, -0.2) is 10.2 Å². The van der Waals surface area contributed by atoms with Gasteiger partial charge in [0, 0.05) is 17.5 Å². The summed E-state index contributed by atoms with van der Waals surface area (Å²) >= 11 is 0. The van der Waals surface area contributed by atoms with Gasteiger partial charge in [-0.3, -0.25) is 0 Å². The largest absolute Gasteiger partial charge is 0.507 e. The Hall–Kier alpha value is -2.16. The molecule has 0 unspecified atom stereocenters. The Morgan fingerprint density at radius 3 is 1.32 bits per heavy atom. The van der Waals surface area contributed by atoms with Crippen LogP contribution in [0.4, 0.5) is 0 Å². The number of aromatic hydroxyl groups is 2. The number of hydrogen-bond donors (Lipinski definition) is 2. The van der Waals surface area contributed by atoms with E-state index >= 15 is 0 Å². The summed E-state index contributed by atoms with van der Waals surface area (Å²) in [5.41, 5.74) is 7.44. The molecule has 116 valence electrons. The number of phenolic OH excluding ortho intramolecular Hbond substituents is 2. The van der Waals surface area contributed by atoms with Crippen LogP contribution in [-0.2, 0) is 6.42 Å². The van der Waals surface area contributed by atoms with Gasteiger partial charge < -0.3 is 14.9 Å². The van der Waals surface area contributed by atoms with Gasteiger partial charge in [0.15, 0.2) is 0 Å². The summed E-state index contributed by atoms with van der Waals surface area (Å²) in [5.74, 6) is 2.39. The number of ether oxygens (including phenoxy) is 1. The fourth-order valence-corrected chi connectivity index (χ4v) is 3.32. The molecule has 0 amide bonds. The van der Waals surface area contributed by atoms with Crippen LogP contribution in [0.2, 0.25) is 0 Å². The van der Waals surface area contributed by atoms with E-state index in [2.05, 4.69) is 0 Å². The fourth-order valence-electron chi connectivity index (χ4n) is 3.32. The van der Waals surface area contributed by atoms with Crippen LogP contribution in [0.25, 0.3) is 0 Å². The van der Waals surface area contributed by atoms with Crippen LogP contribution in [0.15, 0.2) is 0 Å². The molecule has 2 aromatic carbocycles. The van der Waals surface area contributed by atoms with E-state index in [1.54, 1.807) is 0 Å². The van der Waals surface area contributed by atoms with Gasteiger partial charge in [-0.05, 0) is 74.9 Å². The third-order valence-corrected chi connectivity index (χ3v) is 5.24.